The monoisotopic (exact) mass is 340 g/mol. The predicted octanol–water partition coefficient (Wildman–Crippen LogP) is 4.82. The molecule has 0 aliphatic carbocycles. The number of aliphatic imine (C=N–C) groups is 1. The van der Waals surface area contributed by atoms with E-state index in [4.69, 9.17) is 9.98 Å². The van der Waals surface area contributed by atoms with Crippen molar-refractivity contribution in [1.82, 2.24) is 9.38 Å². The first kappa shape index (κ1) is 16.1. The summed E-state index contributed by atoms with van der Waals surface area (Å²) in [5, 5.41) is 0. The molecule has 0 atom stereocenters. The van der Waals surface area contributed by atoms with E-state index in [1.807, 2.05) is 79.4 Å². The largest absolute Gasteiger partial charge is 0.378 e. The van der Waals surface area contributed by atoms with Gasteiger partial charge in [-0.25, -0.2) is 9.98 Å². The minimum absolute atomic E-state index is 0.835. The molecule has 2 aromatic heterocycles. The van der Waals surface area contributed by atoms with Crippen LogP contribution in [0.3, 0.4) is 0 Å². The van der Waals surface area contributed by atoms with Gasteiger partial charge in [0.15, 0.2) is 5.82 Å². The molecule has 0 fully saturated rings. The molecule has 0 saturated carbocycles. The van der Waals surface area contributed by atoms with Crippen molar-refractivity contribution in [3.05, 3.63) is 84.6 Å². The van der Waals surface area contributed by atoms with Crippen LogP contribution in [-0.4, -0.2) is 29.7 Å². The maximum absolute atomic E-state index is 4.81. The molecule has 4 rings (SSSR count). The third-order valence-electron chi connectivity index (χ3n) is 4.30. The Morgan fingerprint density at radius 1 is 0.885 bits per heavy atom. The van der Waals surface area contributed by atoms with Crippen LogP contribution in [0.25, 0.3) is 16.9 Å². The first-order chi connectivity index (χ1) is 12.7. The third-order valence-corrected chi connectivity index (χ3v) is 4.30. The van der Waals surface area contributed by atoms with Crippen LogP contribution >= 0.6 is 0 Å². The fourth-order valence-electron chi connectivity index (χ4n) is 2.89. The number of imidazole rings is 1. The molecule has 128 valence electrons. The van der Waals surface area contributed by atoms with Crippen molar-refractivity contribution in [1.29, 1.82) is 0 Å². The highest BCUT2D eigenvalue weighted by Crippen LogP contribution is 2.31. The fourth-order valence-corrected chi connectivity index (χ4v) is 2.89. The lowest BCUT2D eigenvalue weighted by molar-refractivity contribution is 1.13. The summed E-state index contributed by atoms with van der Waals surface area (Å²) < 4.78 is 2.02. The molecule has 0 N–H and O–H groups in total. The SMILES string of the molecule is CN(C)c1ccc(-c2nc3ccccn3c2/N=C/c2ccccc2)cc1. The first-order valence-corrected chi connectivity index (χ1v) is 8.56. The number of pyridine rings is 1. The zero-order valence-corrected chi connectivity index (χ0v) is 14.9. The van der Waals surface area contributed by atoms with Crippen molar-refractivity contribution >= 4 is 23.4 Å². The smallest absolute Gasteiger partial charge is 0.165 e. The molecule has 0 bridgehead atoms. The van der Waals surface area contributed by atoms with Crippen LogP contribution in [0.2, 0.25) is 0 Å². The summed E-state index contributed by atoms with van der Waals surface area (Å²) in [7, 11) is 4.07. The number of anilines is 1. The molecule has 0 amide bonds. The molecule has 26 heavy (non-hydrogen) atoms. The van der Waals surface area contributed by atoms with Gasteiger partial charge in [-0.2, -0.15) is 0 Å². The lowest BCUT2D eigenvalue weighted by atomic mass is 10.1. The standard InChI is InChI=1S/C22H20N4/c1-25(2)19-13-11-18(12-14-19)21-22(23-16-17-8-4-3-5-9-17)26-15-7-6-10-20(26)24-21/h3-16H,1-2H3/b23-16+. The zero-order valence-electron chi connectivity index (χ0n) is 14.9. The Kier molecular flexibility index (Phi) is 4.23. The van der Waals surface area contributed by atoms with Gasteiger partial charge in [0.2, 0.25) is 0 Å². The Morgan fingerprint density at radius 2 is 1.62 bits per heavy atom. The summed E-state index contributed by atoms with van der Waals surface area (Å²) >= 11 is 0. The predicted molar refractivity (Wildman–Crippen MR) is 109 cm³/mol. The third kappa shape index (κ3) is 3.09. The van der Waals surface area contributed by atoms with Crippen molar-refractivity contribution in [2.75, 3.05) is 19.0 Å². The maximum atomic E-state index is 4.81. The summed E-state index contributed by atoms with van der Waals surface area (Å²) in [6, 6.07) is 24.5. The van der Waals surface area contributed by atoms with Gasteiger partial charge in [0.05, 0.1) is 0 Å². The van der Waals surface area contributed by atoms with E-state index in [0.717, 1.165) is 34.0 Å². The van der Waals surface area contributed by atoms with Crippen LogP contribution < -0.4 is 4.90 Å². The van der Waals surface area contributed by atoms with Gasteiger partial charge in [0, 0.05) is 37.8 Å². The molecule has 0 saturated heterocycles. The molecule has 2 aromatic carbocycles. The summed E-state index contributed by atoms with van der Waals surface area (Å²) in [6.07, 6.45) is 3.88. The molecular weight excluding hydrogens is 320 g/mol. The highest BCUT2D eigenvalue weighted by Gasteiger charge is 2.13. The Bertz CT molecular complexity index is 1040. The van der Waals surface area contributed by atoms with Crippen LogP contribution in [0.15, 0.2) is 84.0 Å². The second kappa shape index (κ2) is 6.84. The summed E-state index contributed by atoms with van der Waals surface area (Å²) in [6.45, 7) is 0. The highest BCUT2D eigenvalue weighted by molar-refractivity contribution is 5.85. The van der Waals surface area contributed by atoms with E-state index in [1.165, 1.54) is 0 Å². The Labute approximate surface area is 153 Å². The van der Waals surface area contributed by atoms with Gasteiger partial charge in [-0.05, 0) is 29.8 Å². The van der Waals surface area contributed by atoms with Crippen molar-refractivity contribution in [3.63, 3.8) is 0 Å². The maximum Gasteiger partial charge on any atom is 0.165 e. The average Bonchev–Trinajstić information content (AvgIpc) is 3.06. The lowest BCUT2D eigenvalue weighted by Crippen LogP contribution is -2.07. The van der Waals surface area contributed by atoms with Gasteiger partial charge in [-0.1, -0.05) is 48.5 Å². The summed E-state index contributed by atoms with van der Waals surface area (Å²) in [5.74, 6) is 0.835. The zero-order chi connectivity index (χ0) is 17.9. The average molecular weight is 340 g/mol. The topological polar surface area (TPSA) is 32.9 Å². The van der Waals surface area contributed by atoms with Crippen molar-refractivity contribution in [3.8, 4) is 11.3 Å². The van der Waals surface area contributed by atoms with E-state index in [0.29, 0.717) is 0 Å². The number of nitrogens with zero attached hydrogens (tertiary/aromatic N) is 4. The number of hydrogen-bond acceptors (Lipinski definition) is 3. The normalized spacial score (nSPS) is 11.3. The number of aromatic nitrogens is 2. The molecule has 4 nitrogen and oxygen atoms in total. The summed E-state index contributed by atoms with van der Waals surface area (Å²) in [5.41, 5.74) is 5.05. The van der Waals surface area contributed by atoms with Gasteiger partial charge in [-0.3, -0.25) is 4.40 Å². The second-order valence-corrected chi connectivity index (χ2v) is 6.32. The number of rotatable bonds is 4. The lowest BCUT2D eigenvalue weighted by Gasteiger charge is -2.12. The Balaban J connectivity index is 1.82. The van der Waals surface area contributed by atoms with Gasteiger partial charge in [0.1, 0.15) is 11.3 Å². The Hall–Kier alpha value is -3.40. The van der Waals surface area contributed by atoms with Crippen molar-refractivity contribution in [2.45, 2.75) is 0 Å². The molecule has 0 aliphatic heterocycles. The fraction of sp³-hybridized carbons (Fsp3) is 0.0909. The van der Waals surface area contributed by atoms with Crippen LogP contribution in [0.1, 0.15) is 5.56 Å². The minimum Gasteiger partial charge on any atom is -0.378 e. The van der Waals surface area contributed by atoms with Gasteiger partial charge in [0.25, 0.3) is 0 Å². The second-order valence-electron chi connectivity index (χ2n) is 6.32. The van der Waals surface area contributed by atoms with E-state index in [9.17, 15) is 0 Å². The van der Waals surface area contributed by atoms with Crippen LogP contribution in [-0.2, 0) is 0 Å². The Morgan fingerprint density at radius 3 is 2.35 bits per heavy atom. The molecular formula is C22H20N4. The number of hydrogen-bond donors (Lipinski definition) is 0. The van der Waals surface area contributed by atoms with Gasteiger partial charge < -0.3 is 4.90 Å². The molecule has 4 heteroatoms. The molecule has 2 heterocycles. The van der Waals surface area contributed by atoms with Crippen LogP contribution in [0.5, 0.6) is 0 Å². The van der Waals surface area contributed by atoms with Crippen molar-refractivity contribution in [2.24, 2.45) is 4.99 Å². The highest BCUT2D eigenvalue weighted by atomic mass is 15.1. The molecule has 0 unspecified atom stereocenters. The van der Waals surface area contributed by atoms with Crippen LogP contribution in [0, 0.1) is 0 Å². The van der Waals surface area contributed by atoms with E-state index in [1.54, 1.807) is 0 Å². The van der Waals surface area contributed by atoms with E-state index >= 15 is 0 Å². The van der Waals surface area contributed by atoms with Gasteiger partial charge in [-0.15, -0.1) is 0 Å². The summed E-state index contributed by atoms with van der Waals surface area (Å²) in [4.78, 5) is 11.7. The molecule has 4 aromatic rings. The van der Waals surface area contributed by atoms with Crippen LogP contribution in [0.4, 0.5) is 11.5 Å². The van der Waals surface area contributed by atoms with E-state index < -0.39 is 0 Å². The van der Waals surface area contributed by atoms with E-state index in [-0.39, 0.29) is 0 Å². The molecule has 0 aliphatic rings. The number of benzene rings is 2. The molecule has 0 radical (unpaired) electrons. The quantitative estimate of drug-likeness (QED) is 0.499. The van der Waals surface area contributed by atoms with Gasteiger partial charge >= 0.3 is 0 Å². The first-order valence-electron chi connectivity index (χ1n) is 8.56. The van der Waals surface area contributed by atoms with Crippen molar-refractivity contribution < 1.29 is 0 Å². The molecule has 0 spiro atoms. The van der Waals surface area contributed by atoms with E-state index in [2.05, 4.69) is 29.2 Å². The minimum atomic E-state index is 0.835. The number of fused-ring (bicyclic) bond motifs is 1.